The van der Waals surface area contributed by atoms with Gasteiger partial charge in [-0.3, -0.25) is 4.79 Å². The summed E-state index contributed by atoms with van der Waals surface area (Å²) in [6.45, 7) is 4.21. The van der Waals surface area contributed by atoms with Gasteiger partial charge in [0.1, 0.15) is 0 Å². The van der Waals surface area contributed by atoms with E-state index in [1.165, 1.54) is 0 Å². The van der Waals surface area contributed by atoms with E-state index in [0.717, 1.165) is 31.5 Å². The highest BCUT2D eigenvalue weighted by molar-refractivity contribution is 6.07. The van der Waals surface area contributed by atoms with E-state index in [1.54, 1.807) is 5.01 Å². The average Bonchev–Trinajstić information content (AvgIpc) is 2.60. The number of carbonyl (C=O) groups excluding carboxylic acids is 1. The van der Waals surface area contributed by atoms with Crippen LogP contribution in [0.2, 0.25) is 0 Å². The fourth-order valence-electron chi connectivity index (χ4n) is 1.98. The van der Waals surface area contributed by atoms with Gasteiger partial charge in [-0.2, -0.15) is 5.10 Å². The van der Waals surface area contributed by atoms with Gasteiger partial charge in [0.2, 0.25) is 0 Å². The van der Waals surface area contributed by atoms with E-state index >= 15 is 0 Å². The topological polar surface area (TPSA) is 61.9 Å². The molecule has 1 rings (SSSR count). The van der Waals surface area contributed by atoms with Crippen LogP contribution in [0.4, 0.5) is 0 Å². The molecule has 0 radical (unpaired) electrons. The van der Waals surface area contributed by atoms with Gasteiger partial charge in [0, 0.05) is 6.54 Å². The maximum Gasteiger partial charge on any atom is 0.251 e. The van der Waals surface area contributed by atoms with Crippen LogP contribution < -0.4 is 5.73 Å². The van der Waals surface area contributed by atoms with Gasteiger partial charge in [-0.05, 0) is 39.9 Å². The first-order valence-electron chi connectivity index (χ1n) is 6.33. The fraction of sp³-hybridized carbons (Fsp3) is 0.833. The van der Waals surface area contributed by atoms with Gasteiger partial charge in [0.25, 0.3) is 5.91 Å². The Balaban J connectivity index is 2.58. The average molecular weight is 240 g/mol. The van der Waals surface area contributed by atoms with Crippen LogP contribution >= 0.6 is 0 Å². The van der Waals surface area contributed by atoms with Crippen LogP contribution in [0.1, 0.15) is 26.2 Å². The first kappa shape index (κ1) is 14.1. The Kier molecular flexibility index (Phi) is 5.58. The van der Waals surface area contributed by atoms with Crippen LogP contribution in [-0.2, 0) is 4.79 Å². The second-order valence-corrected chi connectivity index (χ2v) is 4.69. The first-order chi connectivity index (χ1) is 8.10. The summed E-state index contributed by atoms with van der Waals surface area (Å²) in [5.41, 5.74) is 6.52. The molecule has 0 bridgehead atoms. The van der Waals surface area contributed by atoms with Crippen molar-refractivity contribution in [1.82, 2.24) is 9.91 Å². The van der Waals surface area contributed by atoms with Gasteiger partial charge in [0.05, 0.1) is 18.2 Å². The lowest BCUT2D eigenvalue weighted by atomic mass is 9.96. The second kappa shape index (κ2) is 6.71. The minimum atomic E-state index is -0.0225. The minimum Gasteiger partial charge on any atom is -0.330 e. The summed E-state index contributed by atoms with van der Waals surface area (Å²) in [6.07, 6.45) is 2.57. The largest absolute Gasteiger partial charge is 0.330 e. The van der Waals surface area contributed by atoms with E-state index in [9.17, 15) is 4.79 Å². The van der Waals surface area contributed by atoms with E-state index in [1.807, 2.05) is 14.1 Å². The third kappa shape index (κ3) is 3.78. The van der Waals surface area contributed by atoms with Gasteiger partial charge in [-0.25, -0.2) is 5.01 Å². The van der Waals surface area contributed by atoms with Crippen molar-refractivity contribution in [3.8, 4) is 0 Å². The summed E-state index contributed by atoms with van der Waals surface area (Å²) < 4.78 is 0. The van der Waals surface area contributed by atoms with Gasteiger partial charge in [0.15, 0.2) is 0 Å². The van der Waals surface area contributed by atoms with Crippen LogP contribution in [0, 0.1) is 5.92 Å². The molecule has 1 heterocycles. The maximum absolute atomic E-state index is 12.1. The quantitative estimate of drug-likeness (QED) is 0.705. The molecule has 0 aromatic carbocycles. The summed E-state index contributed by atoms with van der Waals surface area (Å²) in [7, 11) is 3.99. The Hall–Kier alpha value is -0.940. The molecule has 2 N–H and O–H groups in total. The molecule has 1 aliphatic rings. The predicted molar refractivity (Wildman–Crippen MR) is 69.8 cm³/mol. The lowest BCUT2D eigenvalue weighted by Crippen LogP contribution is -2.33. The van der Waals surface area contributed by atoms with Crippen molar-refractivity contribution in [1.29, 1.82) is 0 Å². The summed E-state index contributed by atoms with van der Waals surface area (Å²) in [6, 6.07) is 0. The van der Waals surface area contributed by atoms with Crippen molar-refractivity contribution in [2.24, 2.45) is 16.8 Å². The molecule has 17 heavy (non-hydrogen) atoms. The molecule has 5 nitrogen and oxygen atoms in total. The molecule has 1 unspecified atom stereocenters. The van der Waals surface area contributed by atoms with E-state index in [2.05, 4.69) is 16.9 Å². The van der Waals surface area contributed by atoms with E-state index in [4.69, 9.17) is 5.73 Å². The molecular formula is C12H24N4O. The Morgan fingerprint density at radius 1 is 1.47 bits per heavy atom. The lowest BCUT2D eigenvalue weighted by molar-refractivity contribution is -0.132. The van der Waals surface area contributed by atoms with Crippen molar-refractivity contribution in [3.05, 3.63) is 0 Å². The Morgan fingerprint density at radius 2 is 2.18 bits per heavy atom. The van der Waals surface area contributed by atoms with Gasteiger partial charge in [-0.15, -0.1) is 0 Å². The van der Waals surface area contributed by atoms with E-state index in [0.29, 0.717) is 13.1 Å². The van der Waals surface area contributed by atoms with Crippen molar-refractivity contribution >= 4 is 11.6 Å². The van der Waals surface area contributed by atoms with Gasteiger partial charge < -0.3 is 10.6 Å². The minimum absolute atomic E-state index is 0.0225. The molecule has 0 aromatic heterocycles. The molecule has 0 fully saturated rings. The Labute approximate surface area is 104 Å². The molecular weight excluding hydrogens is 216 g/mol. The number of hydrazone groups is 1. The predicted octanol–water partition coefficient (Wildman–Crippen LogP) is 0.511. The highest BCUT2D eigenvalue weighted by atomic mass is 16.2. The fourth-order valence-corrected chi connectivity index (χ4v) is 1.98. The number of amides is 1. The zero-order valence-electron chi connectivity index (χ0n) is 11.1. The number of nitrogens with zero attached hydrogens (tertiary/aromatic N) is 3. The molecule has 0 saturated carbocycles. The monoisotopic (exact) mass is 240 g/mol. The SMILES string of the molecule is CCC1=NN(CCN(C)C)C(=O)C1CCCN. The molecule has 5 heteroatoms. The van der Waals surface area contributed by atoms with Gasteiger partial charge in [-0.1, -0.05) is 6.92 Å². The summed E-state index contributed by atoms with van der Waals surface area (Å²) in [5.74, 6) is 0.128. The number of likely N-dealkylation sites (N-methyl/N-ethyl adjacent to an activating group) is 1. The summed E-state index contributed by atoms with van der Waals surface area (Å²) in [5, 5.41) is 6.05. The number of carbonyl (C=O) groups is 1. The Morgan fingerprint density at radius 3 is 2.71 bits per heavy atom. The zero-order valence-corrected chi connectivity index (χ0v) is 11.1. The van der Waals surface area contributed by atoms with Gasteiger partial charge >= 0.3 is 0 Å². The zero-order chi connectivity index (χ0) is 12.8. The van der Waals surface area contributed by atoms with Crippen LogP contribution in [0.25, 0.3) is 0 Å². The first-order valence-corrected chi connectivity index (χ1v) is 6.33. The second-order valence-electron chi connectivity index (χ2n) is 4.69. The summed E-state index contributed by atoms with van der Waals surface area (Å²) >= 11 is 0. The number of hydrogen-bond donors (Lipinski definition) is 1. The molecule has 0 spiro atoms. The van der Waals surface area contributed by atoms with E-state index < -0.39 is 0 Å². The number of hydrogen-bond acceptors (Lipinski definition) is 4. The highest BCUT2D eigenvalue weighted by Gasteiger charge is 2.33. The maximum atomic E-state index is 12.1. The molecule has 0 aliphatic carbocycles. The van der Waals surface area contributed by atoms with Crippen LogP contribution in [0.15, 0.2) is 5.10 Å². The standard InChI is InChI=1S/C12H24N4O/c1-4-11-10(6-5-7-13)12(17)16(14-11)9-8-15(2)3/h10H,4-9,13H2,1-3H3. The van der Waals surface area contributed by atoms with Crippen molar-refractivity contribution in [2.45, 2.75) is 26.2 Å². The number of nitrogens with two attached hydrogens (primary N) is 1. The highest BCUT2D eigenvalue weighted by Crippen LogP contribution is 2.21. The van der Waals surface area contributed by atoms with Crippen LogP contribution in [0.5, 0.6) is 0 Å². The Bertz CT molecular complexity index is 288. The molecule has 98 valence electrons. The van der Waals surface area contributed by atoms with Crippen LogP contribution in [0.3, 0.4) is 0 Å². The number of rotatable bonds is 7. The van der Waals surface area contributed by atoms with E-state index in [-0.39, 0.29) is 11.8 Å². The summed E-state index contributed by atoms with van der Waals surface area (Å²) in [4.78, 5) is 14.2. The molecule has 1 amide bonds. The van der Waals surface area contributed by atoms with Crippen molar-refractivity contribution in [3.63, 3.8) is 0 Å². The normalized spacial score (nSPS) is 20.3. The lowest BCUT2D eigenvalue weighted by Gasteiger charge is -2.16. The molecule has 0 aromatic rings. The molecule has 1 aliphatic heterocycles. The third-order valence-electron chi connectivity index (χ3n) is 3.02. The molecule has 0 saturated heterocycles. The van der Waals surface area contributed by atoms with Crippen molar-refractivity contribution < 1.29 is 4.79 Å². The van der Waals surface area contributed by atoms with Crippen molar-refractivity contribution in [2.75, 3.05) is 33.7 Å². The molecule has 1 atom stereocenters. The van der Waals surface area contributed by atoms with Crippen LogP contribution in [-0.4, -0.2) is 55.3 Å². The third-order valence-corrected chi connectivity index (χ3v) is 3.02. The smallest absolute Gasteiger partial charge is 0.251 e.